The Morgan fingerprint density at radius 2 is 2.10 bits per heavy atom. The first kappa shape index (κ1) is 19.0. The van der Waals surface area contributed by atoms with Gasteiger partial charge in [-0.25, -0.2) is 9.78 Å². The molecule has 0 atom stereocenters. The number of nitro groups is 1. The van der Waals surface area contributed by atoms with Gasteiger partial charge in [-0.1, -0.05) is 12.1 Å². The van der Waals surface area contributed by atoms with Gasteiger partial charge in [0, 0.05) is 46.4 Å². The third-order valence-corrected chi connectivity index (χ3v) is 5.09. The number of hydrogen-bond donors (Lipinski definition) is 1. The van der Waals surface area contributed by atoms with Gasteiger partial charge in [-0.3, -0.25) is 10.1 Å². The Morgan fingerprint density at radius 1 is 1.23 bits per heavy atom. The van der Waals surface area contributed by atoms with E-state index in [0.717, 1.165) is 5.39 Å². The number of nitro benzene ring substituents is 1. The Labute approximate surface area is 173 Å². The van der Waals surface area contributed by atoms with Crippen LogP contribution in [0.2, 0.25) is 0 Å². The molecular formula is C21H12N4O4S. The van der Waals surface area contributed by atoms with Gasteiger partial charge in [0.1, 0.15) is 22.2 Å². The van der Waals surface area contributed by atoms with E-state index in [1.807, 2.05) is 0 Å². The molecule has 2 aromatic carbocycles. The number of aromatic nitrogens is 1. The standard InChI is InChI=1S/C21H12N4O4S/c22-10-15(11-23-16-5-6-19-14(8-16)4-7-20(26)29-19)21-24-18(12-30-21)13-2-1-3-17(9-13)25(27)28/h1-9,11-12,23H. The summed E-state index contributed by atoms with van der Waals surface area (Å²) in [6.07, 6.45) is 1.54. The Morgan fingerprint density at radius 3 is 2.90 bits per heavy atom. The highest BCUT2D eigenvalue weighted by Crippen LogP contribution is 2.28. The van der Waals surface area contributed by atoms with Crippen LogP contribution in [0.4, 0.5) is 11.4 Å². The average molecular weight is 416 g/mol. The molecule has 8 nitrogen and oxygen atoms in total. The number of allylic oxidation sites excluding steroid dienone is 1. The number of nitrogens with one attached hydrogen (secondary N) is 1. The SMILES string of the molecule is N#CC(=CNc1ccc2oc(=O)ccc2c1)c1nc(-c2cccc([N+](=O)[O-])c2)cs1. The number of fused-ring (bicyclic) bond motifs is 1. The first-order valence-electron chi connectivity index (χ1n) is 8.65. The predicted octanol–water partition coefficient (Wildman–Crippen LogP) is 4.80. The van der Waals surface area contributed by atoms with Crippen molar-refractivity contribution < 1.29 is 9.34 Å². The summed E-state index contributed by atoms with van der Waals surface area (Å²) >= 11 is 1.27. The van der Waals surface area contributed by atoms with Crippen molar-refractivity contribution in [2.24, 2.45) is 0 Å². The van der Waals surface area contributed by atoms with Gasteiger partial charge >= 0.3 is 5.63 Å². The monoisotopic (exact) mass is 416 g/mol. The third kappa shape index (κ3) is 3.94. The van der Waals surface area contributed by atoms with E-state index >= 15 is 0 Å². The van der Waals surface area contributed by atoms with Crippen molar-refractivity contribution >= 4 is 39.3 Å². The normalized spacial score (nSPS) is 11.2. The molecule has 0 saturated heterocycles. The van der Waals surface area contributed by atoms with Crippen molar-refractivity contribution in [1.82, 2.24) is 4.98 Å². The number of nitrogens with zero attached hydrogens (tertiary/aromatic N) is 3. The van der Waals surface area contributed by atoms with E-state index in [2.05, 4.69) is 16.4 Å². The van der Waals surface area contributed by atoms with Gasteiger partial charge in [-0.15, -0.1) is 11.3 Å². The molecule has 2 aromatic heterocycles. The van der Waals surface area contributed by atoms with Gasteiger partial charge in [0.05, 0.1) is 10.6 Å². The third-order valence-electron chi connectivity index (χ3n) is 4.21. The summed E-state index contributed by atoms with van der Waals surface area (Å²) in [5.74, 6) is 0. The number of thiazole rings is 1. The maximum absolute atomic E-state index is 11.3. The first-order valence-corrected chi connectivity index (χ1v) is 9.53. The van der Waals surface area contributed by atoms with E-state index in [4.69, 9.17) is 4.42 Å². The molecule has 9 heteroatoms. The summed E-state index contributed by atoms with van der Waals surface area (Å²) in [5, 5.41) is 26.5. The zero-order chi connectivity index (χ0) is 21.1. The summed E-state index contributed by atoms with van der Waals surface area (Å²) in [6.45, 7) is 0. The number of hydrogen-bond acceptors (Lipinski definition) is 8. The average Bonchev–Trinajstić information content (AvgIpc) is 3.24. The summed E-state index contributed by atoms with van der Waals surface area (Å²) in [6, 6.07) is 16.5. The zero-order valence-corrected chi connectivity index (χ0v) is 16.1. The Bertz CT molecular complexity index is 1400. The van der Waals surface area contributed by atoms with Crippen molar-refractivity contribution in [3.63, 3.8) is 0 Å². The van der Waals surface area contributed by atoms with Crippen LogP contribution in [0.15, 0.2) is 75.4 Å². The van der Waals surface area contributed by atoms with Gasteiger partial charge in [0.25, 0.3) is 5.69 Å². The second-order valence-electron chi connectivity index (χ2n) is 6.17. The number of benzene rings is 2. The lowest BCUT2D eigenvalue weighted by Gasteiger charge is -2.03. The van der Waals surface area contributed by atoms with Gasteiger partial charge in [0.2, 0.25) is 0 Å². The fourth-order valence-electron chi connectivity index (χ4n) is 2.77. The molecule has 4 rings (SSSR count). The summed E-state index contributed by atoms with van der Waals surface area (Å²) < 4.78 is 5.10. The van der Waals surface area contributed by atoms with E-state index in [0.29, 0.717) is 33.1 Å². The summed E-state index contributed by atoms with van der Waals surface area (Å²) in [4.78, 5) is 26.2. The molecule has 30 heavy (non-hydrogen) atoms. The maximum Gasteiger partial charge on any atom is 0.336 e. The molecule has 0 fully saturated rings. The lowest BCUT2D eigenvalue weighted by atomic mass is 10.1. The molecule has 0 bridgehead atoms. The number of anilines is 1. The van der Waals surface area contributed by atoms with E-state index in [1.54, 1.807) is 41.8 Å². The molecule has 0 radical (unpaired) electrons. The molecule has 2 heterocycles. The minimum Gasteiger partial charge on any atom is -0.423 e. The van der Waals surface area contributed by atoms with Gasteiger partial charge in [-0.2, -0.15) is 5.26 Å². The van der Waals surface area contributed by atoms with Crippen LogP contribution in [-0.4, -0.2) is 9.91 Å². The second kappa shape index (κ2) is 7.98. The fourth-order valence-corrected chi connectivity index (χ4v) is 3.56. The Balaban J connectivity index is 1.59. The van der Waals surface area contributed by atoms with Gasteiger partial charge in [-0.05, 0) is 24.3 Å². The summed E-state index contributed by atoms with van der Waals surface area (Å²) in [5.41, 5.74) is 2.22. The molecule has 0 spiro atoms. The number of nitriles is 1. The highest BCUT2D eigenvalue weighted by molar-refractivity contribution is 7.11. The molecule has 0 aliphatic carbocycles. The smallest absolute Gasteiger partial charge is 0.336 e. The largest absolute Gasteiger partial charge is 0.423 e. The van der Waals surface area contributed by atoms with Crippen molar-refractivity contribution in [2.45, 2.75) is 0 Å². The van der Waals surface area contributed by atoms with Gasteiger partial charge < -0.3 is 9.73 Å². The van der Waals surface area contributed by atoms with Crippen molar-refractivity contribution in [1.29, 1.82) is 5.26 Å². The molecule has 0 aliphatic rings. The van der Waals surface area contributed by atoms with Crippen molar-refractivity contribution in [3.05, 3.63) is 91.7 Å². The molecular weight excluding hydrogens is 404 g/mol. The number of rotatable bonds is 5. The Kier molecular flexibility index (Phi) is 5.07. The van der Waals surface area contributed by atoms with Crippen LogP contribution in [0.25, 0.3) is 27.8 Å². The summed E-state index contributed by atoms with van der Waals surface area (Å²) in [7, 11) is 0. The lowest BCUT2D eigenvalue weighted by molar-refractivity contribution is -0.384. The molecule has 0 aliphatic heterocycles. The quantitative estimate of drug-likeness (QED) is 0.214. The minimum atomic E-state index is -0.462. The second-order valence-corrected chi connectivity index (χ2v) is 7.02. The maximum atomic E-state index is 11.3. The predicted molar refractivity (Wildman–Crippen MR) is 114 cm³/mol. The fraction of sp³-hybridized carbons (Fsp3) is 0. The van der Waals surface area contributed by atoms with Crippen LogP contribution in [0, 0.1) is 21.4 Å². The lowest BCUT2D eigenvalue weighted by Crippen LogP contribution is -1.95. The minimum absolute atomic E-state index is 0.0214. The first-order chi connectivity index (χ1) is 14.5. The molecule has 0 saturated carbocycles. The van der Waals surface area contributed by atoms with Crippen molar-refractivity contribution in [2.75, 3.05) is 5.32 Å². The number of non-ortho nitro benzene ring substituents is 1. The highest BCUT2D eigenvalue weighted by Gasteiger charge is 2.12. The molecule has 0 amide bonds. The van der Waals surface area contributed by atoms with E-state index in [1.165, 1.54) is 35.7 Å². The van der Waals surface area contributed by atoms with Crippen LogP contribution in [0.1, 0.15) is 5.01 Å². The van der Waals surface area contributed by atoms with Crippen LogP contribution in [-0.2, 0) is 0 Å². The van der Waals surface area contributed by atoms with E-state index in [9.17, 15) is 20.2 Å². The Hall–Kier alpha value is -4.29. The highest BCUT2D eigenvalue weighted by atomic mass is 32.1. The molecule has 146 valence electrons. The molecule has 1 N–H and O–H groups in total. The van der Waals surface area contributed by atoms with Crippen LogP contribution >= 0.6 is 11.3 Å². The van der Waals surface area contributed by atoms with Gasteiger partial charge in [0.15, 0.2) is 0 Å². The van der Waals surface area contributed by atoms with Crippen LogP contribution in [0.3, 0.4) is 0 Å². The van der Waals surface area contributed by atoms with E-state index < -0.39 is 10.5 Å². The molecule has 0 unspecified atom stereocenters. The van der Waals surface area contributed by atoms with Crippen molar-refractivity contribution in [3.8, 4) is 17.3 Å². The van der Waals surface area contributed by atoms with Crippen LogP contribution < -0.4 is 10.9 Å². The topological polar surface area (TPSA) is 122 Å². The van der Waals surface area contributed by atoms with E-state index in [-0.39, 0.29) is 5.69 Å². The van der Waals surface area contributed by atoms with Crippen LogP contribution in [0.5, 0.6) is 0 Å². The molecule has 4 aromatic rings. The zero-order valence-electron chi connectivity index (χ0n) is 15.2.